The molecule has 0 aliphatic carbocycles. The Morgan fingerprint density at radius 1 is 1.07 bits per heavy atom. The maximum atomic E-state index is 12.6. The van der Waals surface area contributed by atoms with Gasteiger partial charge in [0.1, 0.15) is 0 Å². The molecule has 2 aliphatic heterocycles. The monoisotopic (exact) mass is 396 g/mol. The van der Waals surface area contributed by atoms with E-state index < -0.39 is 22.1 Å². The van der Waals surface area contributed by atoms with E-state index in [2.05, 4.69) is 0 Å². The third-order valence-corrected chi connectivity index (χ3v) is 6.84. The van der Waals surface area contributed by atoms with Gasteiger partial charge < -0.3 is 14.7 Å². The average Bonchev–Trinajstić information content (AvgIpc) is 2.69. The number of carbonyl (C=O) groups is 2. The topological polar surface area (TPSA) is 104 Å². The lowest BCUT2D eigenvalue weighted by atomic mass is 10.1. The first-order valence-electron chi connectivity index (χ1n) is 9.09. The number of sulfonamides is 1. The lowest BCUT2D eigenvalue weighted by molar-refractivity contribution is -0.159. The second kappa shape index (κ2) is 8.37. The molecule has 2 fully saturated rings. The molecule has 2 saturated heterocycles. The molecule has 2 aliphatic rings. The largest absolute Gasteiger partial charge is 0.479 e. The molecule has 1 amide bonds. The Kier molecular flexibility index (Phi) is 6.13. The summed E-state index contributed by atoms with van der Waals surface area (Å²) >= 11 is 0. The van der Waals surface area contributed by atoms with Crippen molar-refractivity contribution in [1.82, 2.24) is 9.21 Å². The SMILES string of the molecule is O=C(O)C1CN(C(=O)Cc2ccc(S(=O)(=O)N3CCCCC3)cc2)CCO1. The van der Waals surface area contributed by atoms with Crippen LogP contribution in [-0.2, 0) is 30.8 Å². The molecule has 1 aromatic carbocycles. The molecule has 2 heterocycles. The summed E-state index contributed by atoms with van der Waals surface area (Å²) in [5.74, 6) is -1.28. The van der Waals surface area contributed by atoms with Crippen LogP contribution in [0.3, 0.4) is 0 Å². The molecule has 27 heavy (non-hydrogen) atoms. The van der Waals surface area contributed by atoms with Crippen LogP contribution < -0.4 is 0 Å². The van der Waals surface area contributed by atoms with Crippen LogP contribution in [0.2, 0.25) is 0 Å². The Balaban J connectivity index is 1.63. The van der Waals surface area contributed by atoms with Crippen molar-refractivity contribution in [3.05, 3.63) is 29.8 Å². The van der Waals surface area contributed by atoms with Crippen LogP contribution in [0.25, 0.3) is 0 Å². The van der Waals surface area contributed by atoms with Crippen LogP contribution >= 0.6 is 0 Å². The van der Waals surface area contributed by atoms with E-state index in [1.807, 2.05) is 0 Å². The van der Waals surface area contributed by atoms with Crippen molar-refractivity contribution < 1.29 is 27.9 Å². The number of carboxylic acid groups (broad SMARTS) is 1. The predicted octanol–water partition coefficient (Wildman–Crippen LogP) is 0.716. The van der Waals surface area contributed by atoms with Gasteiger partial charge in [-0.2, -0.15) is 4.31 Å². The second-order valence-corrected chi connectivity index (χ2v) is 8.76. The minimum atomic E-state index is -3.49. The number of amides is 1. The lowest BCUT2D eigenvalue weighted by Gasteiger charge is -2.31. The maximum absolute atomic E-state index is 12.6. The third-order valence-electron chi connectivity index (χ3n) is 4.93. The van der Waals surface area contributed by atoms with Crippen LogP contribution in [0.5, 0.6) is 0 Å². The highest BCUT2D eigenvalue weighted by Gasteiger charge is 2.29. The fraction of sp³-hybridized carbons (Fsp3) is 0.556. The molecule has 0 saturated carbocycles. The van der Waals surface area contributed by atoms with Crippen molar-refractivity contribution in [2.24, 2.45) is 0 Å². The molecule has 148 valence electrons. The van der Waals surface area contributed by atoms with Gasteiger partial charge in [-0.1, -0.05) is 18.6 Å². The van der Waals surface area contributed by atoms with Gasteiger partial charge in [0.25, 0.3) is 0 Å². The maximum Gasteiger partial charge on any atom is 0.334 e. The number of ether oxygens (including phenoxy) is 1. The quantitative estimate of drug-likeness (QED) is 0.786. The van der Waals surface area contributed by atoms with Crippen LogP contribution in [0.4, 0.5) is 0 Å². The van der Waals surface area contributed by atoms with E-state index in [0.29, 0.717) is 25.2 Å². The third kappa shape index (κ3) is 4.66. The summed E-state index contributed by atoms with van der Waals surface area (Å²) in [6.07, 6.45) is 1.90. The van der Waals surface area contributed by atoms with Crippen LogP contribution in [-0.4, -0.2) is 73.5 Å². The van der Waals surface area contributed by atoms with Gasteiger partial charge in [-0.25, -0.2) is 13.2 Å². The highest BCUT2D eigenvalue weighted by atomic mass is 32.2. The highest BCUT2D eigenvalue weighted by Crippen LogP contribution is 2.21. The summed E-state index contributed by atoms with van der Waals surface area (Å²) in [4.78, 5) is 25.1. The van der Waals surface area contributed by atoms with E-state index in [0.717, 1.165) is 19.3 Å². The van der Waals surface area contributed by atoms with E-state index in [4.69, 9.17) is 9.84 Å². The minimum Gasteiger partial charge on any atom is -0.479 e. The molecule has 0 aromatic heterocycles. The van der Waals surface area contributed by atoms with Gasteiger partial charge in [0.15, 0.2) is 6.10 Å². The number of hydrogen-bond acceptors (Lipinski definition) is 5. The van der Waals surface area contributed by atoms with E-state index in [1.54, 1.807) is 12.1 Å². The fourth-order valence-electron chi connectivity index (χ4n) is 3.35. The number of aliphatic carboxylic acids is 1. The molecule has 0 radical (unpaired) electrons. The van der Waals surface area contributed by atoms with Crippen LogP contribution in [0.15, 0.2) is 29.2 Å². The van der Waals surface area contributed by atoms with Crippen molar-refractivity contribution in [2.45, 2.75) is 36.7 Å². The van der Waals surface area contributed by atoms with Crippen molar-refractivity contribution in [2.75, 3.05) is 32.8 Å². The number of rotatable bonds is 5. The molecule has 9 heteroatoms. The molecule has 1 unspecified atom stereocenters. The molecule has 1 N–H and O–H groups in total. The number of benzene rings is 1. The van der Waals surface area contributed by atoms with E-state index >= 15 is 0 Å². The predicted molar refractivity (Wildman–Crippen MR) is 96.7 cm³/mol. The van der Waals surface area contributed by atoms with Gasteiger partial charge in [-0.3, -0.25) is 4.79 Å². The van der Waals surface area contributed by atoms with Gasteiger partial charge >= 0.3 is 5.97 Å². The van der Waals surface area contributed by atoms with Crippen LogP contribution in [0.1, 0.15) is 24.8 Å². The fourth-order valence-corrected chi connectivity index (χ4v) is 4.86. The summed E-state index contributed by atoms with van der Waals surface area (Å²) in [5, 5.41) is 9.02. The summed E-state index contributed by atoms with van der Waals surface area (Å²) in [5.41, 5.74) is 0.691. The Labute approximate surface area is 158 Å². The molecule has 1 atom stereocenters. The minimum absolute atomic E-state index is 0.0234. The molecule has 0 bridgehead atoms. The van der Waals surface area contributed by atoms with E-state index in [-0.39, 0.29) is 30.4 Å². The number of nitrogens with zero attached hydrogens (tertiary/aromatic N) is 2. The Morgan fingerprint density at radius 2 is 1.74 bits per heavy atom. The molecule has 0 spiro atoms. The van der Waals surface area contributed by atoms with Crippen molar-refractivity contribution >= 4 is 21.9 Å². The zero-order chi connectivity index (χ0) is 19.4. The number of morpholine rings is 1. The molecule has 3 rings (SSSR count). The number of carbonyl (C=O) groups excluding carboxylic acids is 1. The summed E-state index contributed by atoms with van der Waals surface area (Å²) in [7, 11) is -3.49. The Bertz CT molecular complexity index is 787. The highest BCUT2D eigenvalue weighted by molar-refractivity contribution is 7.89. The van der Waals surface area contributed by atoms with Gasteiger partial charge in [-0.15, -0.1) is 0 Å². The Hall–Kier alpha value is -1.97. The summed E-state index contributed by atoms with van der Waals surface area (Å²) < 4.78 is 31.9. The Morgan fingerprint density at radius 3 is 2.37 bits per heavy atom. The number of carboxylic acids is 1. The normalized spacial score (nSPS) is 21.8. The van der Waals surface area contributed by atoms with Gasteiger partial charge in [0.05, 0.1) is 24.5 Å². The van der Waals surface area contributed by atoms with E-state index in [9.17, 15) is 18.0 Å². The van der Waals surface area contributed by atoms with Gasteiger partial charge in [-0.05, 0) is 30.5 Å². The van der Waals surface area contributed by atoms with Gasteiger partial charge in [0, 0.05) is 19.6 Å². The van der Waals surface area contributed by atoms with Crippen molar-refractivity contribution in [1.29, 1.82) is 0 Å². The zero-order valence-corrected chi connectivity index (χ0v) is 15.9. The number of hydrogen-bond donors (Lipinski definition) is 1. The van der Waals surface area contributed by atoms with Crippen LogP contribution in [0, 0.1) is 0 Å². The first kappa shape index (κ1) is 19.8. The molecular formula is C18H24N2O6S. The summed E-state index contributed by atoms with van der Waals surface area (Å²) in [6.45, 7) is 1.66. The van der Waals surface area contributed by atoms with Gasteiger partial charge in [0.2, 0.25) is 15.9 Å². The molecule has 1 aromatic rings. The summed E-state index contributed by atoms with van der Waals surface area (Å²) in [6, 6.07) is 6.35. The standard InChI is InChI=1S/C18H24N2O6S/c21-17(19-10-11-26-16(13-19)18(22)23)12-14-4-6-15(7-5-14)27(24,25)20-8-2-1-3-9-20/h4-7,16H,1-3,8-13H2,(H,22,23). The second-order valence-electron chi connectivity index (χ2n) is 6.82. The zero-order valence-electron chi connectivity index (χ0n) is 15.0. The molecular weight excluding hydrogens is 372 g/mol. The smallest absolute Gasteiger partial charge is 0.334 e. The lowest BCUT2D eigenvalue weighted by Crippen LogP contribution is -2.49. The number of piperidine rings is 1. The van der Waals surface area contributed by atoms with E-state index in [1.165, 1.54) is 21.3 Å². The molecule has 8 nitrogen and oxygen atoms in total. The first-order valence-corrected chi connectivity index (χ1v) is 10.5. The first-order chi connectivity index (χ1) is 12.9. The van der Waals surface area contributed by atoms with Crippen molar-refractivity contribution in [3.8, 4) is 0 Å². The average molecular weight is 396 g/mol. The van der Waals surface area contributed by atoms with Crippen molar-refractivity contribution in [3.63, 3.8) is 0 Å².